The Bertz CT molecular complexity index is 795. The molecule has 0 aliphatic rings. The molecule has 0 fully saturated rings. The lowest BCUT2D eigenvalue weighted by Gasteiger charge is -2.17. The third-order valence-electron chi connectivity index (χ3n) is 4.10. The lowest BCUT2D eigenvalue weighted by molar-refractivity contribution is 0.318. The quantitative estimate of drug-likeness (QED) is 0.381. The van der Waals surface area contributed by atoms with Crippen LogP contribution in [0.1, 0.15) is 23.6 Å². The second-order valence-corrected chi connectivity index (χ2v) is 5.95. The molecule has 0 atom stereocenters. The number of aryl methyl sites for hydroxylation is 1. The van der Waals surface area contributed by atoms with Crippen molar-refractivity contribution in [2.45, 2.75) is 13.3 Å². The first-order valence-electron chi connectivity index (χ1n) is 8.27. The minimum absolute atomic E-state index is 0.508. The first kappa shape index (κ1) is 19.8. The SMILES string of the molecule is CCc1ccc(C(=S)C=Cc2c(OC)cc(OC)c(OC)c2OC)cc1. The minimum Gasteiger partial charge on any atom is -0.496 e. The van der Waals surface area contributed by atoms with Crippen molar-refractivity contribution in [3.8, 4) is 23.0 Å². The highest BCUT2D eigenvalue weighted by molar-refractivity contribution is 7.81. The van der Waals surface area contributed by atoms with E-state index in [0.717, 1.165) is 22.4 Å². The molecule has 5 heteroatoms. The molecule has 0 N–H and O–H groups in total. The summed E-state index contributed by atoms with van der Waals surface area (Å²) in [6, 6.07) is 10.0. The highest BCUT2D eigenvalue weighted by atomic mass is 32.1. The van der Waals surface area contributed by atoms with Crippen LogP contribution in [0.3, 0.4) is 0 Å². The zero-order valence-electron chi connectivity index (χ0n) is 15.8. The zero-order chi connectivity index (χ0) is 19.1. The van der Waals surface area contributed by atoms with Crippen molar-refractivity contribution in [1.29, 1.82) is 0 Å². The lowest BCUT2D eigenvalue weighted by atomic mass is 10.1. The standard InChI is InChI=1S/C21H24O4S/c1-6-14-7-9-15(10-8-14)19(26)12-11-16-17(22-2)13-18(23-3)21(25-5)20(16)24-4/h7-13H,6H2,1-5H3. The van der Waals surface area contributed by atoms with Crippen LogP contribution in [0.4, 0.5) is 0 Å². The predicted molar refractivity (Wildman–Crippen MR) is 109 cm³/mol. The number of hydrogen-bond donors (Lipinski definition) is 0. The van der Waals surface area contributed by atoms with Crippen LogP contribution in [0.5, 0.6) is 23.0 Å². The number of hydrogen-bond acceptors (Lipinski definition) is 5. The summed E-state index contributed by atoms with van der Waals surface area (Å²) in [5, 5.41) is 0. The maximum absolute atomic E-state index is 5.54. The molecule has 0 bridgehead atoms. The first-order valence-corrected chi connectivity index (χ1v) is 8.68. The number of ether oxygens (including phenoxy) is 4. The van der Waals surface area contributed by atoms with E-state index in [1.807, 2.05) is 24.3 Å². The Labute approximate surface area is 160 Å². The van der Waals surface area contributed by atoms with Crippen molar-refractivity contribution < 1.29 is 18.9 Å². The smallest absolute Gasteiger partial charge is 0.204 e. The summed E-state index contributed by atoms with van der Waals surface area (Å²) in [4.78, 5) is 0.728. The summed E-state index contributed by atoms with van der Waals surface area (Å²) in [6.45, 7) is 2.13. The molecule has 0 heterocycles. The molecule has 0 aromatic heterocycles. The van der Waals surface area contributed by atoms with E-state index in [1.54, 1.807) is 34.5 Å². The molecule has 2 aromatic carbocycles. The topological polar surface area (TPSA) is 36.9 Å². The lowest BCUT2D eigenvalue weighted by Crippen LogP contribution is -2.00. The summed E-state index contributed by atoms with van der Waals surface area (Å²) < 4.78 is 21.8. The van der Waals surface area contributed by atoms with E-state index >= 15 is 0 Å². The fourth-order valence-corrected chi connectivity index (χ4v) is 2.85. The molecule has 4 nitrogen and oxygen atoms in total. The molecule has 2 rings (SSSR count). The van der Waals surface area contributed by atoms with E-state index in [1.165, 1.54) is 5.56 Å². The van der Waals surface area contributed by atoms with Crippen LogP contribution in [0.15, 0.2) is 36.4 Å². The van der Waals surface area contributed by atoms with Gasteiger partial charge in [-0.25, -0.2) is 0 Å². The number of rotatable bonds is 8. The second kappa shape index (κ2) is 9.25. The van der Waals surface area contributed by atoms with Gasteiger partial charge in [0.15, 0.2) is 11.5 Å². The van der Waals surface area contributed by atoms with Gasteiger partial charge in [0.25, 0.3) is 0 Å². The minimum atomic E-state index is 0.508. The normalized spacial score (nSPS) is 10.7. The number of thiocarbonyl (C=S) groups is 1. The van der Waals surface area contributed by atoms with Gasteiger partial charge in [0, 0.05) is 10.9 Å². The van der Waals surface area contributed by atoms with Crippen LogP contribution in [0, 0.1) is 0 Å². The van der Waals surface area contributed by atoms with Gasteiger partial charge in [-0.2, -0.15) is 0 Å². The Hall–Kier alpha value is -2.53. The fraction of sp³-hybridized carbons (Fsp3) is 0.286. The van der Waals surface area contributed by atoms with Crippen molar-refractivity contribution in [2.24, 2.45) is 0 Å². The van der Waals surface area contributed by atoms with Gasteiger partial charge in [0.05, 0.1) is 34.0 Å². The van der Waals surface area contributed by atoms with Crippen molar-refractivity contribution >= 4 is 23.2 Å². The van der Waals surface area contributed by atoms with Crippen molar-refractivity contribution in [3.63, 3.8) is 0 Å². The molecule has 26 heavy (non-hydrogen) atoms. The Morgan fingerprint density at radius 2 is 1.50 bits per heavy atom. The molecule has 0 unspecified atom stereocenters. The summed E-state index contributed by atoms with van der Waals surface area (Å²) in [7, 11) is 6.32. The van der Waals surface area contributed by atoms with Gasteiger partial charge >= 0.3 is 0 Å². The van der Waals surface area contributed by atoms with Crippen LogP contribution < -0.4 is 18.9 Å². The van der Waals surface area contributed by atoms with Gasteiger partial charge in [-0.05, 0) is 29.7 Å². The number of allylic oxidation sites excluding steroid dienone is 1. The highest BCUT2D eigenvalue weighted by Gasteiger charge is 2.19. The second-order valence-electron chi connectivity index (χ2n) is 5.51. The maximum atomic E-state index is 5.54. The monoisotopic (exact) mass is 372 g/mol. The van der Waals surface area contributed by atoms with Crippen LogP contribution in [-0.2, 0) is 6.42 Å². The molecular formula is C21H24O4S. The maximum Gasteiger partial charge on any atom is 0.204 e. The summed E-state index contributed by atoms with van der Waals surface area (Å²) in [5.41, 5.74) is 3.01. The van der Waals surface area contributed by atoms with Crippen molar-refractivity contribution in [1.82, 2.24) is 0 Å². The average molecular weight is 372 g/mol. The Kier molecular flexibility index (Phi) is 7.04. The Morgan fingerprint density at radius 3 is 2.00 bits per heavy atom. The summed E-state index contributed by atoms with van der Waals surface area (Å²) in [6.07, 6.45) is 4.74. The molecule has 2 aromatic rings. The molecule has 138 valence electrons. The largest absolute Gasteiger partial charge is 0.496 e. The first-order chi connectivity index (χ1) is 12.6. The van der Waals surface area contributed by atoms with Crippen LogP contribution in [0.25, 0.3) is 6.08 Å². The van der Waals surface area contributed by atoms with E-state index in [9.17, 15) is 0 Å². The predicted octanol–water partition coefficient (Wildman–Crippen LogP) is 4.71. The molecule has 0 radical (unpaired) electrons. The van der Waals surface area contributed by atoms with E-state index in [0.29, 0.717) is 23.0 Å². The van der Waals surface area contributed by atoms with Crippen LogP contribution in [0.2, 0.25) is 0 Å². The highest BCUT2D eigenvalue weighted by Crippen LogP contribution is 2.45. The van der Waals surface area contributed by atoms with Gasteiger partial charge < -0.3 is 18.9 Å². The van der Waals surface area contributed by atoms with Gasteiger partial charge in [-0.1, -0.05) is 43.4 Å². The number of benzene rings is 2. The van der Waals surface area contributed by atoms with Crippen molar-refractivity contribution in [2.75, 3.05) is 28.4 Å². The van der Waals surface area contributed by atoms with Crippen LogP contribution >= 0.6 is 12.2 Å². The van der Waals surface area contributed by atoms with E-state index in [2.05, 4.69) is 19.1 Å². The van der Waals surface area contributed by atoms with Gasteiger partial charge in [-0.15, -0.1) is 0 Å². The van der Waals surface area contributed by atoms with Gasteiger partial charge in [-0.3, -0.25) is 0 Å². The molecule has 0 aliphatic carbocycles. The molecular weight excluding hydrogens is 348 g/mol. The molecule has 0 aliphatic heterocycles. The summed E-state index contributed by atoms with van der Waals surface area (Å²) in [5.74, 6) is 2.19. The van der Waals surface area contributed by atoms with E-state index in [-0.39, 0.29) is 0 Å². The molecule has 0 spiro atoms. The van der Waals surface area contributed by atoms with Crippen LogP contribution in [-0.4, -0.2) is 33.3 Å². The Morgan fingerprint density at radius 1 is 0.885 bits per heavy atom. The number of methoxy groups -OCH3 is 4. The van der Waals surface area contributed by atoms with E-state index < -0.39 is 0 Å². The third-order valence-corrected chi connectivity index (χ3v) is 4.47. The zero-order valence-corrected chi connectivity index (χ0v) is 16.6. The molecule has 0 amide bonds. The Balaban J connectivity index is 2.43. The van der Waals surface area contributed by atoms with Crippen molar-refractivity contribution in [3.05, 3.63) is 53.1 Å². The fourth-order valence-electron chi connectivity index (χ4n) is 2.64. The molecule has 0 saturated heterocycles. The van der Waals surface area contributed by atoms with E-state index in [4.69, 9.17) is 31.2 Å². The summed E-state index contributed by atoms with van der Waals surface area (Å²) >= 11 is 5.54. The van der Waals surface area contributed by atoms with Gasteiger partial charge in [0.1, 0.15) is 5.75 Å². The molecule has 0 saturated carbocycles. The average Bonchev–Trinajstić information content (AvgIpc) is 2.70. The third kappa shape index (κ3) is 4.17. The van der Waals surface area contributed by atoms with Gasteiger partial charge in [0.2, 0.25) is 5.75 Å².